The van der Waals surface area contributed by atoms with Crippen LogP contribution in [0, 0.1) is 28.6 Å². The maximum absolute atomic E-state index is 13.3. The summed E-state index contributed by atoms with van der Waals surface area (Å²) in [4.78, 5) is 49.5. The number of ketones is 2. The molecule has 1 amide bonds. The highest BCUT2D eigenvalue weighted by Crippen LogP contribution is 2.67. The highest BCUT2D eigenvalue weighted by atomic mass is 16.5. The number of hydrogen-bond acceptors (Lipinski definition) is 7. The number of Topliss-reactive ketones (excluding diaryl/α,β-unsaturated/α-hetero) is 1. The highest BCUT2D eigenvalue weighted by Gasteiger charge is 2.68. The molecule has 4 rings (SSSR count). The van der Waals surface area contributed by atoms with E-state index in [1.807, 2.05) is 20.8 Å². The van der Waals surface area contributed by atoms with Gasteiger partial charge in [0.2, 0.25) is 11.7 Å². The minimum Gasteiger partial charge on any atom is -0.458 e. The second kappa shape index (κ2) is 10.3. The summed E-state index contributed by atoms with van der Waals surface area (Å²) in [5, 5.41) is 26.0. The van der Waals surface area contributed by atoms with Crippen LogP contribution in [0.1, 0.15) is 91.9 Å². The molecular formula is C29H43NO7. The highest BCUT2D eigenvalue weighted by molar-refractivity contribution is 5.92. The molecule has 8 nitrogen and oxygen atoms in total. The number of aliphatic hydroxyl groups excluding tert-OH is 1. The van der Waals surface area contributed by atoms with Crippen LogP contribution in [0.15, 0.2) is 11.6 Å². The fraction of sp³-hybridized carbons (Fsp3) is 0.793. The van der Waals surface area contributed by atoms with E-state index in [9.17, 15) is 29.4 Å². The first kappa shape index (κ1) is 28.0. The van der Waals surface area contributed by atoms with Crippen LogP contribution in [0.3, 0.4) is 0 Å². The van der Waals surface area contributed by atoms with Gasteiger partial charge in [-0.2, -0.15) is 0 Å². The molecule has 206 valence electrons. The van der Waals surface area contributed by atoms with Gasteiger partial charge in [-0.05, 0) is 81.1 Å². The van der Waals surface area contributed by atoms with E-state index >= 15 is 0 Å². The standard InChI is InChI=1S/C29H43NO7/c1-5-17(2)30-24(34)8-9-25(35)37-16-23(33)29(36)13-11-21-20-7-6-18-14-19(31)10-12-27(18,3)26(20)22(32)15-28(21,29)4/h14,17,20-22,26,32,36H,5-13,15-16H2,1-4H3,(H,30,34)/t17-,20-,21-,22-,26+,27-,28-,29-/m0/s1. The quantitative estimate of drug-likeness (QED) is 0.422. The van der Waals surface area contributed by atoms with Crippen LogP contribution in [0.5, 0.6) is 0 Å². The fourth-order valence-electron chi connectivity index (χ4n) is 8.15. The van der Waals surface area contributed by atoms with Crippen molar-refractivity contribution in [3.8, 4) is 0 Å². The molecular weight excluding hydrogens is 474 g/mol. The van der Waals surface area contributed by atoms with E-state index in [1.54, 1.807) is 6.08 Å². The average molecular weight is 518 g/mol. The number of esters is 1. The third-order valence-corrected chi connectivity index (χ3v) is 10.4. The lowest BCUT2D eigenvalue weighted by atomic mass is 9.45. The molecule has 0 radical (unpaired) electrons. The Morgan fingerprint density at radius 1 is 1.16 bits per heavy atom. The molecule has 0 aromatic rings. The molecule has 0 aromatic carbocycles. The van der Waals surface area contributed by atoms with E-state index in [-0.39, 0.29) is 60.2 Å². The normalized spacial score (nSPS) is 39.5. The van der Waals surface area contributed by atoms with Crippen molar-refractivity contribution in [2.24, 2.45) is 28.6 Å². The number of allylic oxidation sites excluding steroid dienone is 1. The number of carbonyl (C=O) groups is 4. The topological polar surface area (TPSA) is 130 Å². The Balaban J connectivity index is 1.41. The summed E-state index contributed by atoms with van der Waals surface area (Å²) in [6.07, 6.45) is 5.82. The molecule has 0 spiro atoms. The largest absolute Gasteiger partial charge is 0.458 e. The van der Waals surface area contributed by atoms with Gasteiger partial charge >= 0.3 is 5.97 Å². The number of nitrogens with one attached hydrogen (secondary N) is 1. The number of hydrogen-bond donors (Lipinski definition) is 3. The molecule has 4 aliphatic rings. The number of rotatable bonds is 8. The lowest BCUT2D eigenvalue weighted by Crippen LogP contribution is -2.62. The smallest absolute Gasteiger partial charge is 0.306 e. The molecule has 0 aliphatic heterocycles. The minimum absolute atomic E-state index is 0.00414. The number of aliphatic hydroxyl groups is 2. The van der Waals surface area contributed by atoms with Gasteiger partial charge in [-0.1, -0.05) is 26.3 Å². The Kier molecular flexibility index (Phi) is 7.75. The molecule has 0 aromatic heterocycles. The third-order valence-electron chi connectivity index (χ3n) is 10.4. The van der Waals surface area contributed by atoms with Gasteiger partial charge < -0.3 is 20.3 Å². The average Bonchev–Trinajstić information content (AvgIpc) is 3.12. The van der Waals surface area contributed by atoms with Crippen molar-refractivity contribution >= 4 is 23.4 Å². The SMILES string of the molecule is CC[C@H](C)NC(=O)CCC(=O)OCC(=O)[C@@]1(O)CC[C@H]2[C@@H]3CCC4=CC(=O)CC[C@]4(C)[C@H]3[C@@H](O)C[C@@]21C. The van der Waals surface area contributed by atoms with E-state index in [0.29, 0.717) is 19.3 Å². The molecule has 3 N–H and O–H groups in total. The van der Waals surface area contributed by atoms with Gasteiger partial charge in [-0.15, -0.1) is 0 Å². The van der Waals surface area contributed by atoms with Gasteiger partial charge in [0.1, 0.15) is 5.60 Å². The van der Waals surface area contributed by atoms with Gasteiger partial charge in [0.05, 0.1) is 12.5 Å². The van der Waals surface area contributed by atoms with Gasteiger partial charge in [0.25, 0.3) is 0 Å². The zero-order chi connectivity index (χ0) is 27.2. The monoisotopic (exact) mass is 517 g/mol. The first-order chi connectivity index (χ1) is 17.4. The van der Waals surface area contributed by atoms with Gasteiger partial charge in [-0.25, -0.2) is 0 Å². The van der Waals surface area contributed by atoms with E-state index in [1.165, 1.54) is 0 Å². The number of ether oxygens (including phenoxy) is 1. The third kappa shape index (κ3) is 4.80. The van der Waals surface area contributed by atoms with Crippen LogP contribution in [0.2, 0.25) is 0 Å². The molecule has 3 saturated carbocycles. The Bertz CT molecular complexity index is 991. The first-order valence-electron chi connectivity index (χ1n) is 14.0. The van der Waals surface area contributed by atoms with Crippen molar-refractivity contribution in [1.29, 1.82) is 0 Å². The molecule has 8 atom stereocenters. The van der Waals surface area contributed by atoms with E-state index in [4.69, 9.17) is 4.74 Å². The maximum atomic E-state index is 13.3. The van der Waals surface area contributed by atoms with Crippen molar-refractivity contribution in [2.75, 3.05) is 6.61 Å². The predicted octanol–water partition coefficient (Wildman–Crippen LogP) is 3.03. The molecule has 0 saturated heterocycles. The Hall–Kier alpha value is -2.06. The molecule has 0 unspecified atom stereocenters. The van der Waals surface area contributed by atoms with E-state index in [2.05, 4.69) is 12.2 Å². The Morgan fingerprint density at radius 2 is 1.89 bits per heavy atom. The van der Waals surface area contributed by atoms with Crippen LogP contribution in [0.4, 0.5) is 0 Å². The van der Waals surface area contributed by atoms with Crippen molar-refractivity contribution in [1.82, 2.24) is 5.32 Å². The van der Waals surface area contributed by atoms with Crippen LogP contribution in [0.25, 0.3) is 0 Å². The lowest BCUT2D eigenvalue weighted by molar-refractivity contribution is -0.184. The van der Waals surface area contributed by atoms with Crippen molar-refractivity contribution in [3.63, 3.8) is 0 Å². The summed E-state index contributed by atoms with van der Waals surface area (Å²) in [6.45, 7) is 7.37. The van der Waals surface area contributed by atoms with Crippen LogP contribution >= 0.6 is 0 Å². The summed E-state index contributed by atoms with van der Waals surface area (Å²) < 4.78 is 5.19. The molecule has 4 aliphatic carbocycles. The molecule has 0 bridgehead atoms. The van der Waals surface area contributed by atoms with Crippen molar-refractivity contribution in [3.05, 3.63) is 11.6 Å². The van der Waals surface area contributed by atoms with Crippen molar-refractivity contribution in [2.45, 2.75) is 110 Å². The van der Waals surface area contributed by atoms with Crippen LogP contribution in [-0.2, 0) is 23.9 Å². The number of carbonyl (C=O) groups excluding carboxylic acids is 4. The summed E-state index contributed by atoms with van der Waals surface area (Å²) in [5.74, 6) is -1.06. The van der Waals surface area contributed by atoms with Gasteiger partial charge in [0.15, 0.2) is 12.4 Å². The second-order valence-electron chi connectivity index (χ2n) is 12.4. The van der Waals surface area contributed by atoms with Gasteiger partial charge in [0, 0.05) is 24.3 Å². The van der Waals surface area contributed by atoms with Gasteiger partial charge in [-0.3, -0.25) is 19.2 Å². The zero-order valence-corrected chi connectivity index (χ0v) is 22.7. The summed E-state index contributed by atoms with van der Waals surface area (Å²) in [6, 6.07) is 0.0239. The fourth-order valence-corrected chi connectivity index (χ4v) is 8.15. The molecule has 8 heteroatoms. The zero-order valence-electron chi connectivity index (χ0n) is 22.7. The van der Waals surface area contributed by atoms with E-state index in [0.717, 1.165) is 31.3 Å². The minimum atomic E-state index is -1.68. The second-order valence-corrected chi connectivity index (χ2v) is 12.4. The first-order valence-corrected chi connectivity index (χ1v) is 14.0. The predicted molar refractivity (Wildman–Crippen MR) is 136 cm³/mol. The summed E-state index contributed by atoms with van der Waals surface area (Å²) in [5.41, 5.74) is -1.60. The number of amides is 1. The van der Waals surface area contributed by atoms with Crippen molar-refractivity contribution < 1.29 is 34.1 Å². The number of fused-ring (bicyclic) bond motifs is 5. The molecule has 3 fully saturated rings. The molecule has 0 heterocycles. The summed E-state index contributed by atoms with van der Waals surface area (Å²) >= 11 is 0. The molecule has 37 heavy (non-hydrogen) atoms. The van der Waals surface area contributed by atoms with E-state index < -0.39 is 35.5 Å². The Labute approximate surface area is 219 Å². The lowest BCUT2D eigenvalue weighted by Gasteiger charge is -2.60. The van der Waals surface area contributed by atoms with Crippen LogP contribution < -0.4 is 5.32 Å². The summed E-state index contributed by atoms with van der Waals surface area (Å²) in [7, 11) is 0. The Morgan fingerprint density at radius 3 is 2.59 bits per heavy atom. The maximum Gasteiger partial charge on any atom is 0.306 e. The van der Waals surface area contributed by atoms with Crippen LogP contribution in [-0.4, -0.2) is 58.0 Å².